The second-order valence-corrected chi connectivity index (χ2v) is 5.92. The Kier molecular flexibility index (Phi) is 5.05. The summed E-state index contributed by atoms with van der Waals surface area (Å²) in [6.07, 6.45) is 1.51. The number of pyridine rings is 1. The van der Waals surface area contributed by atoms with Crippen LogP contribution in [0, 0.1) is 0 Å². The first-order valence-corrected chi connectivity index (χ1v) is 6.64. The van der Waals surface area contributed by atoms with Crippen LogP contribution in [0.3, 0.4) is 0 Å². The molecule has 104 valence electrons. The van der Waals surface area contributed by atoms with E-state index in [9.17, 15) is 9.59 Å². The Morgan fingerprint density at radius 2 is 2.05 bits per heavy atom. The Labute approximate surface area is 120 Å². The number of hydrogen-bond donors (Lipinski definition) is 1. The van der Waals surface area contributed by atoms with Crippen molar-refractivity contribution in [2.24, 2.45) is 0 Å². The molecule has 19 heavy (non-hydrogen) atoms. The van der Waals surface area contributed by atoms with Gasteiger partial charge in [0.15, 0.2) is 0 Å². The van der Waals surface area contributed by atoms with Gasteiger partial charge in [-0.05, 0) is 55.8 Å². The lowest BCUT2D eigenvalue weighted by atomic mass is 10.2. The number of carbonyl (C=O) groups is 2. The first kappa shape index (κ1) is 15.6. The summed E-state index contributed by atoms with van der Waals surface area (Å²) in [5.74, 6) is -0.904. The lowest BCUT2D eigenvalue weighted by Gasteiger charge is -2.22. The summed E-state index contributed by atoms with van der Waals surface area (Å²) in [7, 11) is 0. The molecule has 1 rings (SSSR count). The highest BCUT2D eigenvalue weighted by Gasteiger charge is 2.24. The largest absolute Gasteiger partial charge is 0.458 e. The Bertz CT molecular complexity index is 483. The number of ether oxygens (including phenoxy) is 1. The van der Waals surface area contributed by atoms with E-state index < -0.39 is 23.5 Å². The van der Waals surface area contributed by atoms with Crippen LogP contribution in [0.5, 0.6) is 0 Å². The molecule has 1 heterocycles. The normalized spacial score (nSPS) is 12.7. The van der Waals surface area contributed by atoms with Gasteiger partial charge in [-0.15, -0.1) is 0 Å². The molecular formula is C13H17BrN2O3. The highest BCUT2D eigenvalue weighted by molar-refractivity contribution is 9.10. The maximum Gasteiger partial charge on any atom is 0.328 e. The molecule has 1 aromatic rings. The summed E-state index contributed by atoms with van der Waals surface area (Å²) in [5.41, 5.74) is -0.348. The van der Waals surface area contributed by atoms with Gasteiger partial charge in [-0.25, -0.2) is 9.78 Å². The predicted molar refractivity (Wildman–Crippen MR) is 74.7 cm³/mol. The molecular weight excluding hydrogens is 312 g/mol. The van der Waals surface area contributed by atoms with Gasteiger partial charge in [-0.3, -0.25) is 4.79 Å². The van der Waals surface area contributed by atoms with Gasteiger partial charge in [0, 0.05) is 10.7 Å². The van der Waals surface area contributed by atoms with Crippen molar-refractivity contribution in [3.05, 3.63) is 28.5 Å². The zero-order chi connectivity index (χ0) is 14.6. The predicted octanol–water partition coefficient (Wildman–Crippen LogP) is 2.30. The van der Waals surface area contributed by atoms with E-state index in [-0.39, 0.29) is 5.69 Å². The zero-order valence-corrected chi connectivity index (χ0v) is 12.9. The lowest BCUT2D eigenvalue weighted by Crippen LogP contribution is -2.42. The minimum absolute atomic E-state index is 0.234. The fraction of sp³-hybridized carbons (Fsp3) is 0.462. The fourth-order valence-corrected chi connectivity index (χ4v) is 1.70. The quantitative estimate of drug-likeness (QED) is 0.864. The van der Waals surface area contributed by atoms with Crippen molar-refractivity contribution >= 4 is 27.8 Å². The molecule has 0 aromatic carbocycles. The molecule has 0 spiro atoms. The number of esters is 1. The molecule has 0 saturated heterocycles. The summed E-state index contributed by atoms with van der Waals surface area (Å²) in [6.45, 7) is 6.89. The summed E-state index contributed by atoms with van der Waals surface area (Å²) >= 11 is 3.23. The molecule has 1 aromatic heterocycles. The molecule has 0 bridgehead atoms. The summed E-state index contributed by atoms with van der Waals surface area (Å²) in [6, 6.07) is 2.68. The second-order valence-electron chi connectivity index (χ2n) is 5.06. The summed E-state index contributed by atoms with van der Waals surface area (Å²) in [5, 5.41) is 2.55. The number of rotatable bonds is 3. The number of hydrogen-bond acceptors (Lipinski definition) is 4. The van der Waals surface area contributed by atoms with Crippen LogP contribution in [0.4, 0.5) is 0 Å². The number of amides is 1. The van der Waals surface area contributed by atoms with Gasteiger partial charge in [0.05, 0.1) is 0 Å². The molecule has 1 atom stereocenters. The smallest absolute Gasteiger partial charge is 0.328 e. The van der Waals surface area contributed by atoms with E-state index in [1.807, 2.05) is 0 Å². The standard InChI is InChI=1S/C13H17BrN2O3/c1-8(12(18)19-13(2,3)4)16-11(17)10-9(14)6-5-7-15-10/h5-8H,1-4H3,(H,16,17)/t8-/m1/s1. The SMILES string of the molecule is C[C@@H](NC(=O)c1ncccc1Br)C(=O)OC(C)(C)C. The van der Waals surface area contributed by atoms with Crippen LogP contribution < -0.4 is 5.32 Å². The fourth-order valence-electron chi connectivity index (χ4n) is 1.27. The van der Waals surface area contributed by atoms with Crippen LogP contribution >= 0.6 is 15.9 Å². The third kappa shape index (κ3) is 4.98. The van der Waals surface area contributed by atoms with E-state index in [1.54, 1.807) is 39.8 Å². The van der Waals surface area contributed by atoms with Gasteiger partial charge in [-0.2, -0.15) is 0 Å². The zero-order valence-electron chi connectivity index (χ0n) is 11.4. The van der Waals surface area contributed by atoms with Gasteiger partial charge >= 0.3 is 5.97 Å². The number of nitrogens with zero attached hydrogens (tertiary/aromatic N) is 1. The molecule has 0 unspecified atom stereocenters. The van der Waals surface area contributed by atoms with E-state index >= 15 is 0 Å². The van der Waals surface area contributed by atoms with E-state index in [2.05, 4.69) is 26.2 Å². The maximum atomic E-state index is 11.9. The first-order chi connectivity index (χ1) is 8.70. The molecule has 0 aliphatic carbocycles. The second kappa shape index (κ2) is 6.14. The van der Waals surface area contributed by atoms with Crippen LogP contribution in [0.25, 0.3) is 0 Å². The van der Waals surface area contributed by atoms with Gasteiger partial charge in [0.1, 0.15) is 17.3 Å². The monoisotopic (exact) mass is 328 g/mol. The van der Waals surface area contributed by atoms with Gasteiger partial charge in [0.25, 0.3) is 5.91 Å². The first-order valence-electron chi connectivity index (χ1n) is 5.85. The average molecular weight is 329 g/mol. The highest BCUT2D eigenvalue weighted by Crippen LogP contribution is 2.13. The molecule has 1 amide bonds. The third-order valence-corrected chi connectivity index (χ3v) is 2.72. The van der Waals surface area contributed by atoms with Crippen molar-refractivity contribution in [2.75, 3.05) is 0 Å². The third-order valence-electron chi connectivity index (χ3n) is 2.08. The molecule has 5 nitrogen and oxygen atoms in total. The topological polar surface area (TPSA) is 68.3 Å². The Balaban J connectivity index is 2.67. The van der Waals surface area contributed by atoms with E-state index in [4.69, 9.17) is 4.74 Å². The van der Waals surface area contributed by atoms with Crippen LogP contribution in [0.2, 0.25) is 0 Å². The summed E-state index contributed by atoms with van der Waals surface area (Å²) < 4.78 is 5.75. The molecule has 0 fully saturated rings. The Morgan fingerprint density at radius 3 is 2.58 bits per heavy atom. The highest BCUT2D eigenvalue weighted by atomic mass is 79.9. The lowest BCUT2D eigenvalue weighted by molar-refractivity contribution is -0.156. The van der Waals surface area contributed by atoms with Crippen molar-refractivity contribution in [1.29, 1.82) is 0 Å². The molecule has 1 N–H and O–H groups in total. The van der Waals surface area contributed by atoms with Crippen molar-refractivity contribution < 1.29 is 14.3 Å². The van der Waals surface area contributed by atoms with Crippen LogP contribution in [0.1, 0.15) is 38.2 Å². The maximum absolute atomic E-state index is 11.9. The molecule has 0 aliphatic rings. The van der Waals surface area contributed by atoms with Gasteiger partial charge in [-0.1, -0.05) is 0 Å². The van der Waals surface area contributed by atoms with E-state index in [1.165, 1.54) is 6.20 Å². The minimum atomic E-state index is -0.736. The molecule has 0 radical (unpaired) electrons. The van der Waals surface area contributed by atoms with Crippen LogP contribution in [-0.2, 0) is 9.53 Å². The number of nitrogens with one attached hydrogen (secondary N) is 1. The summed E-state index contributed by atoms with van der Waals surface area (Å²) in [4.78, 5) is 27.6. The Morgan fingerprint density at radius 1 is 1.42 bits per heavy atom. The van der Waals surface area contributed by atoms with Gasteiger partial charge in [0.2, 0.25) is 0 Å². The van der Waals surface area contributed by atoms with Crippen molar-refractivity contribution in [3.63, 3.8) is 0 Å². The number of carbonyl (C=O) groups excluding carboxylic acids is 2. The molecule has 0 saturated carbocycles. The van der Waals surface area contributed by atoms with E-state index in [0.717, 1.165) is 0 Å². The van der Waals surface area contributed by atoms with Crippen molar-refractivity contribution in [3.8, 4) is 0 Å². The molecule has 6 heteroatoms. The average Bonchev–Trinajstić information content (AvgIpc) is 2.27. The van der Waals surface area contributed by atoms with Crippen LogP contribution in [-0.4, -0.2) is 28.5 Å². The van der Waals surface area contributed by atoms with E-state index in [0.29, 0.717) is 4.47 Å². The number of halogens is 1. The van der Waals surface area contributed by atoms with Crippen molar-refractivity contribution in [1.82, 2.24) is 10.3 Å². The Hall–Kier alpha value is -1.43. The number of aromatic nitrogens is 1. The van der Waals surface area contributed by atoms with Crippen LogP contribution in [0.15, 0.2) is 22.8 Å². The minimum Gasteiger partial charge on any atom is -0.458 e. The molecule has 0 aliphatic heterocycles. The van der Waals surface area contributed by atoms with Crippen molar-refractivity contribution in [2.45, 2.75) is 39.3 Å². The van der Waals surface area contributed by atoms with Gasteiger partial charge < -0.3 is 10.1 Å².